The molecule has 2 heterocycles. The predicted molar refractivity (Wildman–Crippen MR) is 95.7 cm³/mol. The molecule has 8 heteroatoms. The summed E-state index contributed by atoms with van der Waals surface area (Å²) in [5.41, 5.74) is 2.10. The Balaban J connectivity index is 1.53. The summed E-state index contributed by atoms with van der Waals surface area (Å²) in [6.07, 6.45) is 4.90. The van der Waals surface area contributed by atoms with Gasteiger partial charge in [0.15, 0.2) is 0 Å². The van der Waals surface area contributed by atoms with E-state index in [1.165, 1.54) is 0 Å². The molecule has 8 nitrogen and oxygen atoms in total. The first kappa shape index (κ1) is 18.1. The fraction of sp³-hybridized carbons (Fsp3) is 0.444. The minimum absolute atomic E-state index is 0.0593. The predicted octanol–water partition coefficient (Wildman–Crippen LogP) is 1.38. The molecule has 1 unspecified atom stereocenters. The van der Waals surface area contributed by atoms with Gasteiger partial charge < -0.3 is 15.4 Å². The molecule has 0 radical (unpaired) electrons. The van der Waals surface area contributed by atoms with Crippen molar-refractivity contribution in [2.75, 3.05) is 25.1 Å². The minimum Gasteiger partial charge on any atom is -0.381 e. The molecule has 1 saturated heterocycles. The number of hydrogen-bond donors (Lipinski definition) is 2. The van der Waals surface area contributed by atoms with Crippen LogP contribution in [-0.4, -0.2) is 46.6 Å². The number of aromatic nitrogens is 3. The molecule has 0 aliphatic carbocycles. The Kier molecular flexibility index (Phi) is 5.96. The van der Waals surface area contributed by atoms with Crippen LogP contribution in [0.5, 0.6) is 0 Å². The lowest BCUT2D eigenvalue weighted by molar-refractivity contribution is -0.119. The monoisotopic (exact) mass is 357 g/mol. The maximum atomic E-state index is 12.3. The highest BCUT2D eigenvalue weighted by Gasteiger charge is 2.24. The zero-order chi connectivity index (χ0) is 18.4. The van der Waals surface area contributed by atoms with Gasteiger partial charge in [-0.1, -0.05) is 11.3 Å². The molecule has 0 bridgehead atoms. The number of nitrogens with zero attached hydrogens (tertiary/aromatic N) is 3. The largest absolute Gasteiger partial charge is 0.381 e. The Labute approximate surface area is 151 Å². The van der Waals surface area contributed by atoms with Crippen LogP contribution in [0.15, 0.2) is 30.6 Å². The number of anilines is 1. The normalized spacial score (nSPS) is 16.4. The van der Waals surface area contributed by atoms with Crippen molar-refractivity contribution in [3.63, 3.8) is 0 Å². The average molecular weight is 357 g/mol. The third-order valence-electron chi connectivity index (χ3n) is 4.38. The molecule has 2 aromatic rings. The molecule has 0 spiro atoms. The van der Waals surface area contributed by atoms with Crippen LogP contribution >= 0.6 is 0 Å². The molecule has 2 amide bonds. The van der Waals surface area contributed by atoms with Crippen molar-refractivity contribution in [3.8, 4) is 0 Å². The first-order valence-electron chi connectivity index (χ1n) is 8.75. The van der Waals surface area contributed by atoms with Crippen molar-refractivity contribution < 1.29 is 14.3 Å². The van der Waals surface area contributed by atoms with E-state index in [9.17, 15) is 9.59 Å². The van der Waals surface area contributed by atoms with Gasteiger partial charge in [0.05, 0.1) is 18.7 Å². The zero-order valence-corrected chi connectivity index (χ0v) is 14.8. The van der Waals surface area contributed by atoms with E-state index in [1.807, 2.05) is 13.0 Å². The fourth-order valence-electron chi connectivity index (χ4n) is 2.77. The molecule has 1 aromatic carbocycles. The van der Waals surface area contributed by atoms with Gasteiger partial charge in [0.2, 0.25) is 5.91 Å². The van der Waals surface area contributed by atoms with Gasteiger partial charge in [0.25, 0.3) is 5.91 Å². The topological polar surface area (TPSA) is 98.1 Å². The highest BCUT2D eigenvalue weighted by Crippen LogP contribution is 2.20. The summed E-state index contributed by atoms with van der Waals surface area (Å²) in [5.74, 6) is -0.344. The maximum Gasteiger partial charge on any atom is 0.251 e. The van der Waals surface area contributed by atoms with E-state index in [2.05, 4.69) is 20.9 Å². The summed E-state index contributed by atoms with van der Waals surface area (Å²) in [7, 11) is 0. The van der Waals surface area contributed by atoms with Gasteiger partial charge in [-0.25, -0.2) is 0 Å². The number of carbonyl (C=O) groups excluding carboxylic acids is 2. The quantitative estimate of drug-likeness (QED) is 0.730. The molecule has 1 atom stereocenters. The van der Waals surface area contributed by atoms with Gasteiger partial charge in [-0.05, 0) is 37.5 Å². The zero-order valence-electron chi connectivity index (χ0n) is 14.8. The SMILES string of the molecule is Cc1ccc(C(=O)NCCCn2ccnn2)cc1NC(=O)C1CCOC1. The van der Waals surface area contributed by atoms with Crippen LogP contribution in [0.25, 0.3) is 0 Å². The number of amides is 2. The van der Waals surface area contributed by atoms with Gasteiger partial charge >= 0.3 is 0 Å². The molecule has 2 N–H and O–H groups in total. The second kappa shape index (κ2) is 8.57. The molecule has 3 rings (SSSR count). The van der Waals surface area contributed by atoms with Crippen molar-refractivity contribution in [3.05, 3.63) is 41.7 Å². The van der Waals surface area contributed by atoms with Crippen LogP contribution in [0.4, 0.5) is 5.69 Å². The average Bonchev–Trinajstić information content (AvgIpc) is 3.34. The Morgan fingerprint density at radius 1 is 1.38 bits per heavy atom. The number of benzene rings is 1. The summed E-state index contributed by atoms with van der Waals surface area (Å²) in [6.45, 7) is 4.21. The first-order valence-corrected chi connectivity index (χ1v) is 8.75. The Bertz CT molecular complexity index is 754. The van der Waals surface area contributed by atoms with Crippen LogP contribution in [-0.2, 0) is 16.1 Å². The molecule has 1 aliphatic rings. The second-order valence-corrected chi connectivity index (χ2v) is 6.36. The van der Waals surface area contributed by atoms with E-state index in [0.29, 0.717) is 37.6 Å². The Morgan fingerprint density at radius 2 is 2.27 bits per heavy atom. The number of aryl methyl sites for hydroxylation is 2. The molecule has 138 valence electrons. The molecule has 1 aliphatic heterocycles. The fourth-order valence-corrected chi connectivity index (χ4v) is 2.77. The van der Waals surface area contributed by atoms with E-state index in [1.54, 1.807) is 29.2 Å². The standard InChI is InChI=1S/C18H23N5O3/c1-13-3-4-14(11-16(13)21-18(25)15-5-10-26-12-15)17(24)19-6-2-8-23-9-7-20-22-23/h3-4,7,9,11,15H,2,5-6,8,10,12H2,1H3,(H,19,24)(H,21,25). The summed E-state index contributed by atoms with van der Waals surface area (Å²) in [4.78, 5) is 24.6. The van der Waals surface area contributed by atoms with Gasteiger partial charge in [0.1, 0.15) is 0 Å². The van der Waals surface area contributed by atoms with Crippen molar-refractivity contribution in [1.82, 2.24) is 20.3 Å². The smallest absolute Gasteiger partial charge is 0.251 e. The second-order valence-electron chi connectivity index (χ2n) is 6.36. The first-order chi connectivity index (χ1) is 12.6. The van der Waals surface area contributed by atoms with E-state index >= 15 is 0 Å². The Morgan fingerprint density at radius 3 is 3.00 bits per heavy atom. The molecule has 1 fully saturated rings. The molecule has 0 saturated carbocycles. The van der Waals surface area contributed by atoms with Crippen molar-refractivity contribution in [2.24, 2.45) is 5.92 Å². The van der Waals surface area contributed by atoms with Gasteiger partial charge in [-0.15, -0.1) is 5.10 Å². The van der Waals surface area contributed by atoms with Crippen molar-refractivity contribution in [2.45, 2.75) is 26.3 Å². The molecule has 1 aromatic heterocycles. The number of ether oxygens (including phenoxy) is 1. The maximum absolute atomic E-state index is 12.3. The highest BCUT2D eigenvalue weighted by molar-refractivity contribution is 5.98. The van der Waals surface area contributed by atoms with Gasteiger partial charge in [-0.2, -0.15) is 0 Å². The number of rotatable bonds is 7. The van der Waals surface area contributed by atoms with Crippen LogP contribution in [0.2, 0.25) is 0 Å². The number of carbonyl (C=O) groups is 2. The van der Waals surface area contributed by atoms with E-state index < -0.39 is 0 Å². The Hall–Kier alpha value is -2.74. The third kappa shape index (κ3) is 4.66. The molecule has 26 heavy (non-hydrogen) atoms. The lowest BCUT2D eigenvalue weighted by Gasteiger charge is -2.13. The van der Waals surface area contributed by atoms with Crippen molar-refractivity contribution >= 4 is 17.5 Å². The van der Waals surface area contributed by atoms with E-state index in [-0.39, 0.29) is 17.7 Å². The van der Waals surface area contributed by atoms with Crippen LogP contribution in [0, 0.1) is 12.8 Å². The summed E-state index contributed by atoms with van der Waals surface area (Å²) >= 11 is 0. The van der Waals surface area contributed by atoms with Crippen LogP contribution in [0.1, 0.15) is 28.8 Å². The lowest BCUT2D eigenvalue weighted by Crippen LogP contribution is -2.26. The summed E-state index contributed by atoms with van der Waals surface area (Å²) < 4.78 is 6.98. The summed E-state index contributed by atoms with van der Waals surface area (Å²) in [5, 5.41) is 13.4. The molecular formula is C18H23N5O3. The van der Waals surface area contributed by atoms with Gasteiger partial charge in [-0.3, -0.25) is 14.3 Å². The lowest BCUT2D eigenvalue weighted by atomic mass is 10.1. The third-order valence-corrected chi connectivity index (χ3v) is 4.38. The number of hydrogen-bond acceptors (Lipinski definition) is 5. The van der Waals surface area contributed by atoms with Crippen LogP contribution < -0.4 is 10.6 Å². The van der Waals surface area contributed by atoms with Gasteiger partial charge in [0, 0.05) is 37.1 Å². The summed E-state index contributed by atoms with van der Waals surface area (Å²) in [6, 6.07) is 5.32. The van der Waals surface area contributed by atoms with E-state index in [0.717, 1.165) is 18.4 Å². The molecular weight excluding hydrogens is 334 g/mol. The minimum atomic E-state index is -0.164. The van der Waals surface area contributed by atoms with Crippen molar-refractivity contribution in [1.29, 1.82) is 0 Å². The number of nitrogens with one attached hydrogen (secondary N) is 2. The highest BCUT2D eigenvalue weighted by atomic mass is 16.5. The van der Waals surface area contributed by atoms with E-state index in [4.69, 9.17) is 4.74 Å². The van der Waals surface area contributed by atoms with Crippen LogP contribution in [0.3, 0.4) is 0 Å².